The van der Waals surface area contributed by atoms with E-state index in [-0.39, 0.29) is 10.6 Å². The van der Waals surface area contributed by atoms with Crippen LogP contribution in [0.15, 0.2) is 85.4 Å². The van der Waals surface area contributed by atoms with Crippen LogP contribution in [0.4, 0.5) is 11.4 Å². The summed E-state index contributed by atoms with van der Waals surface area (Å²) in [4.78, 5) is 14.3. The second-order valence-corrected chi connectivity index (χ2v) is 8.60. The van der Waals surface area contributed by atoms with Gasteiger partial charge in [0.1, 0.15) is 0 Å². The summed E-state index contributed by atoms with van der Waals surface area (Å²) in [5.74, 6) is -0.561. The van der Waals surface area contributed by atoms with Crippen LogP contribution in [0.3, 0.4) is 0 Å². The predicted molar refractivity (Wildman–Crippen MR) is 112 cm³/mol. The number of para-hydroxylation sites is 2. The van der Waals surface area contributed by atoms with Crippen LogP contribution in [0, 0.1) is 6.92 Å². The Kier molecular flexibility index (Phi) is 4.58. The van der Waals surface area contributed by atoms with Gasteiger partial charge in [-0.05, 0) is 31.2 Å². The van der Waals surface area contributed by atoms with Crippen LogP contribution < -0.4 is 10.5 Å². The Morgan fingerprint density at radius 1 is 0.933 bits per heavy atom. The molecule has 3 aromatic rings. The van der Waals surface area contributed by atoms with Crippen molar-refractivity contribution in [2.45, 2.75) is 11.8 Å². The standard InChI is InChI=1S/C20H19N5O4S/c1-13-17(19(26)25(24(13)3)14-9-5-4-6-10-14)21-22-18-20(27)23(2)15-11-7-8-12-16(15)30(18,28)29/h4-12,27H,1-3H3. The Morgan fingerprint density at radius 2 is 1.57 bits per heavy atom. The Bertz CT molecular complexity index is 1370. The molecule has 2 aromatic carbocycles. The van der Waals surface area contributed by atoms with Gasteiger partial charge in [0.05, 0.1) is 22.0 Å². The zero-order valence-corrected chi connectivity index (χ0v) is 17.3. The molecule has 1 aromatic heterocycles. The molecule has 10 heteroatoms. The van der Waals surface area contributed by atoms with E-state index in [0.717, 1.165) is 0 Å². The summed E-state index contributed by atoms with van der Waals surface area (Å²) >= 11 is 0. The number of hydrogen-bond acceptors (Lipinski definition) is 7. The summed E-state index contributed by atoms with van der Waals surface area (Å²) in [6.45, 7) is 1.68. The molecule has 154 valence electrons. The van der Waals surface area contributed by atoms with E-state index in [9.17, 15) is 18.3 Å². The lowest BCUT2D eigenvalue weighted by Crippen LogP contribution is -2.27. The van der Waals surface area contributed by atoms with Gasteiger partial charge in [0.25, 0.3) is 5.56 Å². The van der Waals surface area contributed by atoms with Crippen LogP contribution in [-0.4, -0.2) is 29.9 Å². The van der Waals surface area contributed by atoms with Crippen molar-refractivity contribution < 1.29 is 13.5 Å². The molecule has 4 rings (SSSR count). The molecule has 1 aliphatic heterocycles. The third-order valence-corrected chi connectivity index (χ3v) is 6.74. The van der Waals surface area contributed by atoms with Gasteiger partial charge in [-0.25, -0.2) is 13.1 Å². The minimum absolute atomic E-state index is 0.00531. The first kappa shape index (κ1) is 19.6. The third kappa shape index (κ3) is 2.84. The quantitative estimate of drug-likeness (QED) is 0.648. The van der Waals surface area contributed by atoms with Gasteiger partial charge in [-0.2, -0.15) is 0 Å². The molecule has 9 nitrogen and oxygen atoms in total. The van der Waals surface area contributed by atoms with Gasteiger partial charge < -0.3 is 10.0 Å². The fourth-order valence-electron chi connectivity index (χ4n) is 3.31. The van der Waals surface area contributed by atoms with Crippen molar-refractivity contribution >= 4 is 21.2 Å². The normalized spacial score (nSPS) is 15.6. The van der Waals surface area contributed by atoms with E-state index in [1.165, 1.54) is 22.7 Å². The molecule has 0 fully saturated rings. The SMILES string of the molecule is Cc1c(N=NC2=C(O)N(C)c3ccccc3S2(=O)=O)c(=O)n(-c2ccccc2)n1C. The van der Waals surface area contributed by atoms with E-state index in [1.54, 1.807) is 61.1 Å². The summed E-state index contributed by atoms with van der Waals surface area (Å²) in [5, 5.41) is 17.6. The highest BCUT2D eigenvalue weighted by Gasteiger charge is 2.36. The van der Waals surface area contributed by atoms with Crippen molar-refractivity contribution in [3.05, 3.63) is 81.6 Å². The second kappa shape index (κ2) is 6.99. The molecule has 0 aliphatic carbocycles. The molecule has 0 unspecified atom stereocenters. The van der Waals surface area contributed by atoms with Gasteiger partial charge in [0, 0.05) is 14.1 Å². The maximum Gasteiger partial charge on any atom is 0.299 e. The molecule has 1 N–H and O–H groups in total. The molecule has 0 bridgehead atoms. The second-order valence-electron chi connectivity index (χ2n) is 6.77. The van der Waals surface area contributed by atoms with Crippen LogP contribution in [0.5, 0.6) is 0 Å². The maximum atomic E-state index is 13.0. The average Bonchev–Trinajstić information content (AvgIpc) is 2.95. The van der Waals surface area contributed by atoms with Crippen molar-refractivity contribution in [1.29, 1.82) is 0 Å². The fraction of sp³-hybridized carbons (Fsp3) is 0.150. The number of azo groups is 1. The topological polar surface area (TPSA) is 109 Å². The first-order chi connectivity index (χ1) is 14.2. The van der Waals surface area contributed by atoms with E-state index in [1.807, 2.05) is 6.07 Å². The summed E-state index contributed by atoms with van der Waals surface area (Å²) in [7, 11) is -0.887. The first-order valence-electron chi connectivity index (χ1n) is 9.02. The molecular formula is C20H19N5O4S. The number of aliphatic hydroxyl groups excluding tert-OH is 1. The minimum Gasteiger partial charge on any atom is -0.492 e. The Morgan fingerprint density at radius 3 is 2.27 bits per heavy atom. The van der Waals surface area contributed by atoms with Crippen LogP contribution in [-0.2, 0) is 16.9 Å². The number of rotatable bonds is 3. The van der Waals surface area contributed by atoms with Crippen molar-refractivity contribution in [1.82, 2.24) is 9.36 Å². The highest BCUT2D eigenvalue weighted by atomic mass is 32.2. The lowest BCUT2D eigenvalue weighted by Gasteiger charge is -2.26. The van der Waals surface area contributed by atoms with Gasteiger partial charge in [-0.1, -0.05) is 30.3 Å². The number of sulfone groups is 1. The molecule has 2 heterocycles. The summed E-state index contributed by atoms with van der Waals surface area (Å²) < 4.78 is 28.9. The molecule has 0 saturated heterocycles. The molecular weight excluding hydrogens is 406 g/mol. The van der Waals surface area contributed by atoms with Gasteiger partial charge in [-0.3, -0.25) is 9.48 Å². The zero-order valence-electron chi connectivity index (χ0n) is 16.5. The molecule has 0 amide bonds. The first-order valence-corrected chi connectivity index (χ1v) is 10.5. The molecule has 0 spiro atoms. The van der Waals surface area contributed by atoms with Crippen molar-refractivity contribution in [2.24, 2.45) is 17.3 Å². The van der Waals surface area contributed by atoms with Crippen LogP contribution >= 0.6 is 0 Å². The highest BCUT2D eigenvalue weighted by molar-refractivity contribution is 7.95. The van der Waals surface area contributed by atoms with Crippen molar-refractivity contribution in [3.63, 3.8) is 0 Å². The summed E-state index contributed by atoms with van der Waals surface area (Å²) in [5.41, 5.74) is 0.992. The molecule has 30 heavy (non-hydrogen) atoms. The summed E-state index contributed by atoms with van der Waals surface area (Å²) in [6, 6.07) is 15.2. The molecule has 0 saturated carbocycles. The van der Waals surface area contributed by atoms with E-state index in [4.69, 9.17) is 0 Å². The fourth-order valence-corrected chi connectivity index (χ4v) is 4.78. The van der Waals surface area contributed by atoms with Crippen molar-refractivity contribution in [2.75, 3.05) is 11.9 Å². The Balaban J connectivity index is 1.84. The number of anilines is 1. The third-order valence-electron chi connectivity index (χ3n) is 5.04. The Hall–Kier alpha value is -3.66. The van der Waals surface area contributed by atoms with Crippen LogP contribution in [0.25, 0.3) is 5.69 Å². The van der Waals surface area contributed by atoms with E-state index in [2.05, 4.69) is 10.2 Å². The molecule has 1 aliphatic rings. The van der Waals surface area contributed by atoms with E-state index < -0.39 is 26.3 Å². The number of benzene rings is 2. The summed E-state index contributed by atoms with van der Waals surface area (Å²) in [6.07, 6.45) is 0. The van der Waals surface area contributed by atoms with Crippen molar-refractivity contribution in [3.8, 4) is 5.69 Å². The molecule has 0 radical (unpaired) electrons. The predicted octanol–water partition coefficient (Wildman–Crippen LogP) is 3.18. The highest BCUT2D eigenvalue weighted by Crippen LogP contribution is 2.37. The number of aromatic nitrogens is 2. The average molecular weight is 425 g/mol. The number of nitrogens with zero attached hydrogens (tertiary/aromatic N) is 5. The van der Waals surface area contributed by atoms with Gasteiger partial charge in [0.2, 0.25) is 20.7 Å². The molecule has 0 atom stereocenters. The van der Waals surface area contributed by atoms with Crippen LogP contribution in [0.2, 0.25) is 0 Å². The van der Waals surface area contributed by atoms with E-state index >= 15 is 0 Å². The Labute approximate surface area is 172 Å². The largest absolute Gasteiger partial charge is 0.492 e. The minimum atomic E-state index is -4.10. The van der Waals surface area contributed by atoms with E-state index in [0.29, 0.717) is 17.1 Å². The smallest absolute Gasteiger partial charge is 0.299 e. The number of aliphatic hydroxyl groups is 1. The van der Waals surface area contributed by atoms with Crippen LogP contribution in [0.1, 0.15) is 5.69 Å². The maximum absolute atomic E-state index is 13.0. The lowest BCUT2D eigenvalue weighted by molar-refractivity contribution is 0.389. The monoisotopic (exact) mass is 425 g/mol. The lowest BCUT2D eigenvalue weighted by atomic mass is 10.3. The van der Waals surface area contributed by atoms with Gasteiger partial charge in [0.15, 0.2) is 5.69 Å². The van der Waals surface area contributed by atoms with Gasteiger partial charge >= 0.3 is 0 Å². The number of fused-ring (bicyclic) bond motifs is 1. The zero-order chi connectivity index (χ0) is 21.6. The number of hydrogen-bond donors (Lipinski definition) is 1. The van der Waals surface area contributed by atoms with Gasteiger partial charge in [-0.15, -0.1) is 10.2 Å².